The minimum absolute atomic E-state index is 0.398. The number of hydrogen-bond donors (Lipinski definition) is 1. The molecule has 1 aliphatic heterocycles. The molecule has 0 aromatic heterocycles. The second-order valence-electron chi connectivity index (χ2n) is 6.60. The number of rotatable bonds is 3. The SMILES string of the molecule is CC1CCN(CC(O)c2ccc3ccccc3c2)C(C)C1. The van der Waals surface area contributed by atoms with Crippen LogP contribution in [0.4, 0.5) is 0 Å². The molecule has 0 aliphatic carbocycles. The van der Waals surface area contributed by atoms with Gasteiger partial charge in [-0.15, -0.1) is 0 Å². The molecule has 2 heteroatoms. The van der Waals surface area contributed by atoms with Crippen LogP contribution in [-0.4, -0.2) is 29.1 Å². The van der Waals surface area contributed by atoms with Gasteiger partial charge in [0.1, 0.15) is 0 Å². The van der Waals surface area contributed by atoms with Crippen molar-refractivity contribution in [1.29, 1.82) is 0 Å². The monoisotopic (exact) mass is 283 g/mol. The minimum atomic E-state index is -0.398. The van der Waals surface area contributed by atoms with Crippen molar-refractivity contribution in [3.63, 3.8) is 0 Å². The van der Waals surface area contributed by atoms with Crippen LogP contribution in [0, 0.1) is 5.92 Å². The Labute approximate surface area is 127 Å². The zero-order valence-corrected chi connectivity index (χ0v) is 13.0. The highest BCUT2D eigenvalue weighted by Crippen LogP contribution is 2.26. The predicted octanol–water partition coefficient (Wildman–Crippen LogP) is 3.99. The van der Waals surface area contributed by atoms with Crippen LogP contribution in [0.25, 0.3) is 10.8 Å². The van der Waals surface area contributed by atoms with Crippen LogP contribution in [0.1, 0.15) is 38.4 Å². The number of aliphatic hydroxyl groups excluding tert-OH is 1. The van der Waals surface area contributed by atoms with Crippen molar-refractivity contribution in [1.82, 2.24) is 4.90 Å². The molecule has 0 spiro atoms. The minimum Gasteiger partial charge on any atom is -0.387 e. The number of nitrogens with zero attached hydrogens (tertiary/aromatic N) is 1. The van der Waals surface area contributed by atoms with Crippen molar-refractivity contribution in [3.05, 3.63) is 48.0 Å². The number of β-amino-alcohol motifs (C(OH)–C–C–N with tert-alkyl or cyclic N) is 1. The van der Waals surface area contributed by atoms with Crippen LogP contribution in [-0.2, 0) is 0 Å². The third-order valence-electron chi connectivity index (χ3n) is 4.84. The third-order valence-corrected chi connectivity index (χ3v) is 4.84. The summed E-state index contributed by atoms with van der Waals surface area (Å²) in [5.41, 5.74) is 1.03. The van der Waals surface area contributed by atoms with E-state index in [-0.39, 0.29) is 0 Å². The van der Waals surface area contributed by atoms with Gasteiger partial charge in [-0.25, -0.2) is 0 Å². The zero-order chi connectivity index (χ0) is 14.8. The fourth-order valence-corrected chi connectivity index (χ4v) is 3.47. The van der Waals surface area contributed by atoms with Gasteiger partial charge in [0, 0.05) is 12.6 Å². The Bertz CT molecular complexity index is 609. The van der Waals surface area contributed by atoms with Crippen molar-refractivity contribution in [2.75, 3.05) is 13.1 Å². The van der Waals surface area contributed by atoms with Crippen molar-refractivity contribution in [3.8, 4) is 0 Å². The number of benzene rings is 2. The van der Waals surface area contributed by atoms with Gasteiger partial charge in [0.15, 0.2) is 0 Å². The molecule has 2 nitrogen and oxygen atoms in total. The highest BCUT2D eigenvalue weighted by atomic mass is 16.3. The lowest BCUT2D eigenvalue weighted by Gasteiger charge is -2.37. The van der Waals surface area contributed by atoms with Crippen LogP contribution in [0.15, 0.2) is 42.5 Å². The second-order valence-corrected chi connectivity index (χ2v) is 6.60. The quantitative estimate of drug-likeness (QED) is 0.920. The largest absolute Gasteiger partial charge is 0.387 e. The van der Waals surface area contributed by atoms with E-state index in [2.05, 4.69) is 55.1 Å². The molecule has 2 aromatic carbocycles. The smallest absolute Gasteiger partial charge is 0.0917 e. The molecule has 21 heavy (non-hydrogen) atoms. The van der Waals surface area contributed by atoms with Crippen molar-refractivity contribution >= 4 is 10.8 Å². The molecule has 1 fully saturated rings. The van der Waals surface area contributed by atoms with Crippen molar-refractivity contribution in [2.24, 2.45) is 5.92 Å². The maximum atomic E-state index is 10.6. The molecule has 1 N–H and O–H groups in total. The first-order valence-corrected chi connectivity index (χ1v) is 8.04. The highest BCUT2D eigenvalue weighted by molar-refractivity contribution is 5.83. The van der Waals surface area contributed by atoms with Gasteiger partial charge in [-0.3, -0.25) is 4.90 Å². The molecule has 1 aliphatic rings. The Morgan fingerprint density at radius 2 is 1.90 bits per heavy atom. The Balaban J connectivity index is 1.73. The average Bonchev–Trinajstić information content (AvgIpc) is 2.49. The van der Waals surface area contributed by atoms with Crippen molar-refractivity contribution < 1.29 is 5.11 Å². The molecule has 2 aromatic rings. The van der Waals surface area contributed by atoms with Gasteiger partial charge in [0.25, 0.3) is 0 Å². The lowest BCUT2D eigenvalue weighted by molar-refractivity contribution is 0.0601. The van der Waals surface area contributed by atoms with Gasteiger partial charge in [0.05, 0.1) is 6.10 Å². The molecule has 3 unspecified atom stereocenters. The van der Waals surface area contributed by atoms with E-state index < -0.39 is 6.10 Å². The summed E-state index contributed by atoms with van der Waals surface area (Å²) in [6.45, 7) is 6.45. The normalized spacial score (nSPS) is 25.1. The molecule has 3 atom stereocenters. The van der Waals surface area contributed by atoms with E-state index in [0.717, 1.165) is 24.6 Å². The van der Waals surface area contributed by atoms with E-state index in [1.807, 2.05) is 6.07 Å². The summed E-state index contributed by atoms with van der Waals surface area (Å²) in [6.07, 6.45) is 2.09. The summed E-state index contributed by atoms with van der Waals surface area (Å²) in [7, 11) is 0. The fourth-order valence-electron chi connectivity index (χ4n) is 3.47. The van der Waals surface area contributed by atoms with Crippen LogP contribution in [0.5, 0.6) is 0 Å². The Morgan fingerprint density at radius 3 is 2.67 bits per heavy atom. The van der Waals surface area contributed by atoms with E-state index in [9.17, 15) is 5.11 Å². The van der Waals surface area contributed by atoms with Gasteiger partial charge in [0.2, 0.25) is 0 Å². The van der Waals surface area contributed by atoms with Crippen LogP contribution in [0.3, 0.4) is 0 Å². The first-order valence-electron chi connectivity index (χ1n) is 8.04. The number of fused-ring (bicyclic) bond motifs is 1. The molecule has 0 radical (unpaired) electrons. The molecular formula is C19H25NO. The van der Waals surface area contributed by atoms with E-state index >= 15 is 0 Å². The van der Waals surface area contributed by atoms with Gasteiger partial charge in [-0.1, -0.05) is 43.3 Å². The van der Waals surface area contributed by atoms with Gasteiger partial charge in [-0.2, -0.15) is 0 Å². The Hall–Kier alpha value is -1.38. The third kappa shape index (κ3) is 3.28. The fraction of sp³-hybridized carbons (Fsp3) is 0.474. The standard InChI is InChI=1S/C19H25NO/c1-14-9-10-20(15(2)11-14)13-19(21)18-8-7-16-5-3-4-6-17(16)12-18/h3-8,12,14-15,19,21H,9-11,13H2,1-2H3. The average molecular weight is 283 g/mol. The molecular weight excluding hydrogens is 258 g/mol. The Morgan fingerprint density at radius 1 is 1.14 bits per heavy atom. The lowest BCUT2D eigenvalue weighted by Crippen LogP contribution is -2.42. The highest BCUT2D eigenvalue weighted by Gasteiger charge is 2.24. The molecule has 0 saturated carbocycles. The molecule has 1 heterocycles. The summed E-state index contributed by atoms with van der Waals surface area (Å²) in [6, 6.07) is 15.2. The zero-order valence-electron chi connectivity index (χ0n) is 13.0. The second kappa shape index (κ2) is 6.17. The van der Waals surface area contributed by atoms with E-state index in [4.69, 9.17) is 0 Å². The number of aliphatic hydroxyl groups is 1. The summed E-state index contributed by atoms with van der Waals surface area (Å²) >= 11 is 0. The molecule has 0 amide bonds. The number of likely N-dealkylation sites (tertiary alicyclic amines) is 1. The van der Waals surface area contributed by atoms with E-state index in [0.29, 0.717) is 6.04 Å². The molecule has 1 saturated heterocycles. The maximum Gasteiger partial charge on any atom is 0.0917 e. The van der Waals surface area contributed by atoms with E-state index in [1.165, 1.54) is 23.6 Å². The maximum absolute atomic E-state index is 10.6. The summed E-state index contributed by atoms with van der Waals surface area (Å²) in [5.74, 6) is 0.814. The first-order chi connectivity index (χ1) is 10.1. The molecule has 0 bridgehead atoms. The molecule has 112 valence electrons. The summed E-state index contributed by atoms with van der Waals surface area (Å²) < 4.78 is 0. The van der Waals surface area contributed by atoms with Crippen LogP contribution >= 0.6 is 0 Å². The first kappa shape index (κ1) is 14.6. The summed E-state index contributed by atoms with van der Waals surface area (Å²) in [5, 5.41) is 13.0. The summed E-state index contributed by atoms with van der Waals surface area (Å²) in [4.78, 5) is 2.43. The van der Waals surface area contributed by atoms with Crippen molar-refractivity contribution in [2.45, 2.75) is 38.8 Å². The predicted molar refractivity (Wildman–Crippen MR) is 88.3 cm³/mol. The van der Waals surface area contributed by atoms with Gasteiger partial charge < -0.3 is 5.11 Å². The van der Waals surface area contributed by atoms with E-state index in [1.54, 1.807) is 0 Å². The van der Waals surface area contributed by atoms with Crippen LogP contribution < -0.4 is 0 Å². The van der Waals surface area contributed by atoms with Gasteiger partial charge in [-0.05, 0) is 54.6 Å². The van der Waals surface area contributed by atoms with Crippen LogP contribution in [0.2, 0.25) is 0 Å². The van der Waals surface area contributed by atoms with Gasteiger partial charge >= 0.3 is 0 Å². The molecule has 3 rings (SSSR count). The Kier molecular flexibility index (Phi) is 4.27. The lowest BCUT2D eigenvalue weighted by atomic mass is 9.92. The topological polar surface area (TPSA) is 23.5 Å². The number of hydrogen-bond acceptors (Lipinski definition) is 2. The number of piperidine rings is 1.